The minimum Gasteiger partial charge on any atom is -0.339 e. The number of carbonyl (C=O) groups is 1. The summed E-state index contributed by atoms with van der Waals surface area (Å²) in [7, 11) is 5.61. The number of rotatable bonds is 3. The lowest BCUT2D eigenvalue weighted by molar-refractivity contribution is -0.133. The minimum absolute atomic E-state index is 0.0917. The van der Waals surface area contributed by atoms with Crippen LogP contribution in [0.5, 0.6) is 0 Å². The Morgan fingerprint density at radius 2 is 1.95 bits per heavy atom. The molecule has 2 nitrogen and oxygen atoms in total. The lowest BCUT2D eigenvalue weighted by Gasteiger charge is -2.31. The third-order valence-corrected chi connectivity index (χ3v) is 5.39. The zero-order valence-electron chi connectivity index (χ0n) is 12.7. The molecule has 116 valence electrons. The molecule has 1 saturated heterocycles. The van der Waals surface area contributed by atoms with Crippen LogP contribution < -0.4 is 5.46 Å². The Morgan fingerprint density at radius 3 is 2.68 bits per heavy atom. The Hall–Kier alpha value is -1.03. The largest absolute Gasteiger partial charge is 0.339 e. The van der Waals surface area contributed by atoms with Crippen LogP contribution in [0.3, 0.4) is 0 Å². The topological polar surface area (TPSA) is 20.3 Å². The van der Waals surface area contributed by atoms with Crippen molar-refractivity contribution in [1.82, 2.24) is 4.90 Å². The molecule has 0 aromatic heterocycles. The second-order valence-electron chi connectivity index (χ2n) is 6.44. The Morgan fingerprint density at radius 1 is 1.23 bits per heavy atom. The fourth-order valence-corrected chi connectivity index (χ4v) is 3.98. The Bertz CT molecular complexity index is 574. The first-order valence-electron chi connectivity index (χ1n) is 8.10. The summed E-state index contributed by atoms with van der Waals surface area (Å²) in [6.07, 6.45) is 7.00. The van der Waals surface area contributed by atoms with Crippen LogP contribution >= 0.6 is 11.6 Å². The van der Waals surface area contributed by atoms with Crippen molar-refractivity contribution in [1.29, 1.82) is 0 Å². The van der Waals surface area contributed by atoms with Gasteiger partial charge in [-0.05, 0) is 31.7 Å². The first-order valence-corrected chi connectivity index (χ1v) is 8.48. The maximum absolute atomic E-state index is 14.2. The van der Waals surface area contributed by atoms with Crippen molar-refractivity contribution < 1.29 is 9.18 Å². The van der Waals surface area contributed by atoms with Crippen molar-refractivity contribution in [2.24, 2.45) is 5.92 Å². The summed E-state index contributed by atoms with van der Waals surface area (Å²) < 4.78 is 14.2. The molecule has 3 rings (SSSR count). The molecule has 1 aromatic carbocycles. The molecule has 2 fully saturated rings. The van der Waals surface area contributed by atoms with Gasteiger partial charge in [0.25, 0.3) is 0 Å². The standard InChI is InChI=1S/C17H20BClFNO/c18-14-6-7-15(19)13(16(14)20)10-11-8-9-21(17(11)22)12-4-2-1-3-5-12/h6-7,11-12H,1-5,8-10H2. The second-order valence-corrected chi connectivity index (χ2v) is 6.85. The van der Waals surface area contributed by atoms with Gasteiger partial charge in [-0.2, -0.15) is 0 Å². The van der Waals surface area contributed by atoms with E-state index in [9.17, 15) is 9.18 Å². The molecule has 0 spiro atoms. The van der Waals surface area contributed by atoms with Crippen molar-refractivity contribution in [2.45, 2.75) is 51.0 Å². The summed E-state index contributed by atoms with van der Waals surface area (Å²) in [6, 6.07) is 3.45. The Balaban J connectivity index is 1.72. The number of nitrogens with zero attached hydrogens (tertiary/aromatic N) is 1. The molecule has 0 N–H and O–H groups in total. The first kappa shape index (κ1) is 15.9. The number of hydrogen-bond acceptors (Lipinski definition) is 1. The highest BCUT2D eigenvalue weighted by atomic mass is 35.5. The number of amides is 1. The van der Waals surface area contributed by atoms with Crippen LogP contribution in [-0.4, -0.2) is 31.2 Å². The normalized spacial score (nSPS) is 23.3. The van der Waals surface area contributed by atoms with Crippen molar-refractivity contribution >= 4 is 30.8 Å². The van der Waals surface area contributed by atoms with Gasteiger partial charge in [0.1, 0.15) is 13.7 Å². The summed E-state index contributed by atoms with van der Waals surface area (Å²) in [5.74, 6) is -0.489. The van der Waals surface area contributed by atoms with E-state index in [1.165, 1.54) is 25.3 Å². The molecule has 1 aliphatic carbocycles. The number of carbonyl (C=O) groups excluding carboxylic acids is 1. The fraction of sp³-hybridized carbons (Fsp3) is 0.588. The summed E-state index contributed by atoms with van der Waals surface area (Å²) in [5.41, 5.74) is 0.472. The Labute approximate surface area is 137 Å². The zero-order chi connectivity index (χ0) is 15.7. The predicted molar refractivity (Wildman–Crippen MR) is 87.2 cm³/mol. The number of benzene rings is 1. The van der Waals surface area contributed by atoms with Gasteiger partial charge in [-0.3, -0.25) is 4.79 Å². The lowest BCUT2D eigenvalue weighted by Crippen LogP contribution is -2.39. The van der Waals surface area contributed by atoms with E-state index < -0.39 is 5.82 Å². The van der Waals surface area contributed by atoms with Crippen LogP contribution in [0.4, 0.5) is 4.39 Å². The molecular formula is C17H20BClFNO. The quantitative estimate of drug-likeness (QED) is 0.784. The molecular weight excluding hydrogens is 299 g/mol. The highest BCUT2D eigenvalue weighted by Gasteiger charge is 2.36. The molecule has 1 aromatic rings. The van der Waals surface area contributed by atoms with Crippen molar-refractivity contribution in [2.75, 3.05) is 6.54 Å². The minimum atomic E-state index is -0.476. The van der Waals surface area contributed by atoms with Crippen LogP contribution in [0.25, 0.3) is 0 Å². The van der Waals surface area contributed by atoms with Crippen LogP contribution in [0.1, 0.15) is 44.1 Å². The van der Waals surface area contributed by atoms with E-state index in [2.05, 4.69) is 0 Å². The van der Waals surface area contributed by atoms with Gasteiger partial charge in [-0.1, -0.05) is 42.4 Å². The maximum Gasteiger partial charge on any atom is 0.226 e. The van der Waals surface area contributed by atoms with Crippen molar-refractivity contribution in [3.05, 3.63) is 28.5 Å². The van der Waals surface area contributed by atoms with Crippen LogP contribution in [0.2, 0.25) is 5.02 Å². The van der Waals surface area contributed by atoms with Gasteiger partial charge >= 0.3 is 0 Å². The summed E-state index contributed by atoms with van der Waals surface area (Å²) in [6.45, 7) is 0.787. The van der Waals surface area contributed by atoms with E-state index in [0.717, 1.165) is 25.8 Å². The lowest BCUT2D eigenvalue weighted by atomic mass is 9.89. The summed E-state index contributed by atoms with van der Waals surface area (Å²) in [4.78, 5) is 14.7. The third kappa shape index (κ3) is 3.03. The van der Waals surface area contributed by atoms with Crippen molar-refractivity contribution in [3.63, 3.8) is 0 Å². The van der Waals surface area contributed by atoms with E-state index in [-0.39, 0.29) is 17.3 Å². The molecule has 0 bridgehead atoms. The molecule has 22 heavy (non-hydrogen) atoms. The molecule has 1 unspecified atom stereocenters. The SMILES string of the molecule is [B]c1ccc(Cl)c(CC2CCN(C3CCCCC3)C2=O)c1F. The third-order valence-electron chi connectivity index (χ3n) is 5.03. The fourth-order valence-electron chi connectivity index (χ4n) is 3.76. The average molecular weight is 320 g/mol. The van der Waals surface area contributed by atoms with E-state index in [1.807, 2.05) is 4.90 Å². The van der Waals surface area contributed by atoms with E-state index >= 15 is 0 Å². The number of hydrogen-bond donors (Lipinski definition) is 0. The monoisotopic (exact) mass is 319 g/mol. The molecule has 5 heteroatoms. The molecule has 1 atom stereocenters. The Kier molecular flexibility index (Phi) is 4.77. The number of likely N-dealkylation sites (tertiary alicyclic amines) is 1. The van der Waals surface area contributed by atoms with Gasteiger partial charge in [0, 0.05) is 29.1 Å². The molecule has 1 aliphatic heterocycles. The zero-order valence-corrected chi connectivity index (χ0v) is 13.4. The maximum atomic E-state index is 14.2. The average Bonchev–Trinajstić information content (AvgIpc) is 2.89. The van der Waals surface area contributed by atoms with Crippen LogP contribution in [0.15, 0.2) is 12.1 Å². The van der Waals surface area contributed by atoms with E-state index in [1.54, 1.807) is 6.07 Å². The van der Waals surface area contributed by atoms with Gasteiger partial charge in [0.05, 0.1) is 0 Å². The highest BCUT2D eigenvalue weighted by Crippen LogP contribution is 2.31. The highest BCUT2D eigenvalue weighted by molar-refractivity contribution is 6.35. The smallest absolute Gasteiger partial charge is 0.226 e. The van der Waals surface area contributed by atoms with E-state index in [4.69, 9.17) is 19.4 Å². The summed E-state index contributed by atoms with van der Waals surface area (Å²) >= 11 is 6.09. The van der Waals surface area contributed by atoms with Gasteiger partial charge in [-0.25, -0.2) is 4.39 Å². The molecule has 1 heterocycles. The van der Waals surface area contributed by atoms with Gasteiger partial charge in [0.2, 0.25) is 5.91 Å². The predicted octanol–water partition coefficient (Wildman–Crippen LogP) is 3.00. The molecule has 2 radical (unpaired) electrons. The summed E-state index contributed by atoms with van der Waals surface area (Å²) in [5, 5.41) is 0.357. The van der Waals surface area contributed by atoms with E-state index in [0.29, 0.717) is 23.0 Å². The van der Waals surface area contributed by atoms with Gasteiger partial charge in [-0.15, -0.1) is 0 Å². The van der Waals surface area contributed by atoms with Crippen molar-refractivity contribution in [3.8, 4) is 0 Å². The van der Waals surface area contributed by atoms with Crippen LogP contribution in [-0.2, 0) is 11.2 Å². The number of halogens is 2. The van der Waals surface area contributed by atoms with Gasteiger partial charge < -0.3 is 4.90 Å². The molecule has 1 amide bonds. The van der Waals surface area contributed by atoms with Gasteiger partial charge in [0.15, 0.2) is 0 Å². The second kappa shape index (κ2) is 6.61. The van der Waals surface area contributed by atoms with Crippen LogP contribution in [0, 0.1) is 11.7 Å². The molecule has 1 saturated carbocycles. The first-order chi connectivity index (χ1) is 10.6. The molecule has 2 aliphatic rings.